The molecule has 244 valence electrons. The van der Waals surface area contributed by atoms with E-state index in [1.54, 1.807) is 20.8 Å². The molecule has 0 bridgehead atoms. The van der Waals surface area contributed by atoms with Gasteiger partial charge in [0.2, 0.25) is 5.95 Å². The van der Waals surface area contributed by atoms with Gasteiger partial charge in [-0.25, -0.2) is 14.8 Å². The van der Waals surface area contributed by atoms with E-state index in [0.29, 0.717) is 25.6 Å². The van der Waals surface area contributed by atoms with E-state index in [1.807, 2.05) is 0 Å². The zero-order chi connectivity index (χ0) is 32.9. The molecule has 2 amide bonds. The summed E-state index contributed by atoms with van der Waals surface area (Å²) in [5.74, 6) is -0.841. The largest absolute Gasteiger partial charge is 0.444 e. The molecule has 2 aliphatic heterocycles. The molecule has 0 aliphatic carbocycles. The Labute approximate surface area is 253 Å². The number of nitrogens with zero attached hydrogens (tertiary/aromatic N) is 4. The van der Waals surface area contributed by atoms with Crippen molar-refractivity contribution in [1.82, 2.24) is 24.8 Å². The lowest BCUT2D eigenvalue weighted by molar-refractivity contribution is -0.253. The van der Waals surface area contributed by atoms with Crippen LogP contribution >= 0.6 is 0 Å². The number of ether oxygens (including phenoxy) is 1. The van der Waals surface area contributed by atoms with E-state index in [9.17, 15) is 41.0 Å². The third-order valence-corrected chi connectivity index (χ3v) is 7.75. The number of likely N-dealkylation sites (tertiary alicyclic amines) is 2. The van der Waals surface area contributed by atoms with Crippen LogP contribution in [0.15, 0.2) is 30.6 Å². The number of aromatic nitrogens is 3. The molecule has 4 heterocycles. The van der Waals surface area contributed by atoms with Gasteiger partial charge in [-0.15, -0.1) is 0 Å². The summed E-state index contributed by atoms with van der Waals surface area (Å²) in [5, 5.41) is 13.2. The minimum Gasteiger partial charge on any atom is -0.444 e. The molecule has 2 atom stereocenters. The van der Waals surface area contributed by atoms with E-state index in [0.717, 1.165) is 4.90 Å². The SMILES string of the molecule is CC(C)(C)OC(=O)N1CCC[C@H](Nc2ncc(C(F)(F)F)c(-c3c[nH]c4cc(C(=O)N5CC[C@@](O)(C(F)(F)F)C5)ccc34)n2)C1. The number of anilines is 1. The molecule has 3 aromatic rings. The van der Waals surface area contributed by atoms with Crippen molar-refractivity contribution in [2.75, 3.05) is 31.5 Å². The summed E-state index contributed by atoms with van der Waals surface area (Å²) >= 11 is 0. The molecule has 1 aromatic carbocycles. The number of β-amino-alcohol motifs (C(OH)–C–C–N with tert-alkyl or cyclic N) is 1. The molecule has 5 rings (SSSR count). The van der Waals surface area contributed by atoms with Crippen LogP contribution in [0, 0.1) is 0 Å². The summed E-state index contributed by atoms with van der Waals surface area (Å²) in [6, 6.07) is 3.66. The lowest BCUT2D eigenvalue weighted by Crippen LogP contribution is -2.48. The summed E-state index contributed by atoms with van der Waals surface area (Å²) in [6.45, 7) is 4.70. The number of aliphatic hydroxyl groups is 1. The molecule has 10 nitrogen and oxygen atoms in total. The highest BCUT2D eigenvalue weighted by Gasteiger charge is 2.57. The number of aromatic amines is 1. The van der Waals surface area contributed by atoms with E-state index >= 15 is 0 Å². The Kier molecular flexibility index (Phi) is 8.17. The zero-order valence-electron chi connectivity index (χ0n) is 24.6. The minimum atomic E-state index is -4.91. The molecule has 16 heteroatoms. The summed E-state index contributed by atoms with van der Waals surface area (Å²) in [4.78, 5) is 38.8. The number of rotatable bonds is 4. The van der Waals surface area contributed by atoms with Crippen LogP contribution in [-0.4, -0.2) is 91.5 Å². The average Bonchev–Trinajstić information content (AvgIpc) is 3.55. The molecule has 2 aromatic heterocycles. The van der Waals surface area contributed by atoms with Gasteiger partial charge < -0.3 is 29.9 Å². The first-order chi connectivity index (χ1) is 20.8. The molecule has 45 heavy (non-hydrogen) atoms. The molecule has 0 unspecified atom stereocenters. The van der Waals surface area contributed by atoms with Gasteiger partial charge in [0.15, 0.2) is 5.60 Å². The molecular weight excluding hydrogens is 610 g/mol. The highest BCUT2D eigenvalue weighted by Crippen LogP contribution is 2.40. The first-order valence-corrected chi connectivity index (χ1v) is 14.2. The summed E-state index contributed by atoms with van der Waals surface area (Å²) in [7, 11) is 0. The number of benzene rings is 1. The Morgan fingerprint density at radius 2 is 1.84 bits per heavy atom. The Bertz CT molecular complexity index is 1600. The number of hydrogen-bond donors (Lipinski definition) is 3. The van der Waals surface area contributed by atoms with Crippen LogP contribution in [-0.2, 0) is 10.9 Å². The van der Waals surface area contributed by atoms with Crippen molar-refractivity contribution in [1.29, 1.82) is 0 Å². The van der Waals surface area contributed by atoms with Gasteiger partial charge in [0.1, 0.15) is 11.2 Å². The molecule has 0 radical (unpaired) electrons. The highest BCUT2D eigenvalue weighted by molar-refractivity contribution is 6.02. The lowest BCUT2D eigenvalue weighted by Gasteiger charge is -2.34. The topological polar surface area (TPSA) is 124 Å². The lowest BCUT2D eigenvalue weighted by atomic mass is 10.0. The summed E-state index contributed by atoms with van der Waals surface area (Å²) < 4.78 is 87.3. The molecule has 0 saturated carbocycles. The van der Waals surface area contributed by atoms with Crippen molar-refractivity contribution in [3.8, 4) is 11.3 Å². The predicted molar refractivity (Wildman–Crippen MR) is 150 cm³/mol. The molecule has 0 spiro atoms. The number of piperidine rings is 1. The second kappa shape index (κ2) is 11.4. The van der Waals surface area contributed by atoms with Gasteiger partial charge in [-0.3, -0.25) is 4.79 Å². The fourth-order valence-electron chi connectivity index (χ4n) is 5.47. The highest BCUT2D eigenvalue weighted by atomic mass is 19.4. The summed E-state index contributed by atoms with van der Waals surface area (Å²) in [5.41, 5.74) is -4.92. The first kappa shape index (κ1) is 32.3. The molecule has 2 fully saturated rings. The van der Waals surface area contributed by atoms with E-state index in [4.69, 9.17) is 4.74 Å². The van der Waals surface area contributed by atoms with Crippen molar-refractivity contribution < 1.29 is 45.8 Å². The van der Waals surface area contributed by atoms with Crippen molar-refractivity contribution in [2.24, 2.45) is 0 Å². The maximum Gasteiger partial charge on any atom is 0.419 e. The number of halogens is 6. The van der Waals surface area contributed by atoms with Crippen molar-refractivity contribution >= 4 is 28.9 Å². The predicted octanol–water partition coefficient (Wildman–Crippen LogP) is 5.59. The Balaban J connectivity index is 1.40. The number of amides is 2. The first-order valence-electron chi connectivity index (χ1n) is 14.2. The van der Waals surface area contributed by atoms with Crippen molar-refractivity contribution in [3.63, 3.8) is 0 Å². The number of carbonyl (C=O) groups is 2. The van der Waals surface area contributed by atoms with Crippen LogP contribution in [0.1, 0.15) is 56.0 Å². The standard InChI is InChI=1S/C29H32F6N6O4/c1-26(2,3)45-25(43)40-9-4-5-17(14-40)38-24-37-13-20(28(30,31)32)22(39-24)19-12-36-21-11-16(6-7-18(19)21)23(42)41-10-8-27(44,15-41)29(33,34)35/h6-7,11-13,17,36,44H,4-5,8-10,14-15H2,1-3H3,(H,37,38,39)/t17-,27-/m0/s1. The number of H-pyrrole nitrogens is 1. The van der Waals surface area contributed by atoms with Crippen LogP contribution < -0.4 is 5.32 Å². The van der Waals surface area contributed by atoms with Crippen LogP contribution in [0.3, 0.4) is 0 Å². The molecule has 2 aliphatic rings. The maximum absolute atomic E-state index is 14.1. The van der Waals surface area contributed by atoms with Crippen LogP contribution in [0.4, 0.5) is 37.1 Å². The third-order valence-electron chi connectivity index (χ3n) is 7.75. The fraction of sp³-hybridized carbons (Fsp3) is 0.517. The van der Waals surface area contributed by atoms with E-state index < -0.39 is 59.8 Å². The van der Waals surface area contributed by atoms with E-state index in [-0.39, 0.29) is 47.1 Å². The van der Waals surface area contributed by atoms with Gasteiger partial charge in [0.25, 0.3) is 5.91 Å². The number of alkyl halides is 6. The summed E-state index contributed by atoms with van der Waals surface area (Å²) in [6.07, 6.45) is -7.68. The van der Waals surface area contributed by atoms with Gasteiger partial charge >= 0.3 is 18.4 Å². The van der Waals surface area contributed by atoms with Gasteiger partial charge in [-0.1, -0.05) is 6.07 Å². The Morgan fingerprint density at radius 1 is 1.11 bits per heavy atom. The maximum atomic E-state index is 14.1. The van der Waals surface area contributed by atoms with Gasteiger partial charge in [0, 0.05) is 66.5 Å². The third kappa shape index (κ3) is 6.79. The van der Waals surface area contributed by atoms with E-state index in [1.165, 1.54) is 29.3 Å². The van der Waals surface area contributed by atoms with Gasteiger partial charge in [-0.05, 0) is 45.7 Å². The second-order valence-corrected chi connectivity index (χ2v) is 12.3. The fourth-order valence-corrected chi connectivity index (χ4v) is 5.47. The van der Waals surface area contributed by atoms with Gasteiger partial charge in [-0.2, -0.15) is 26.3 Å². The number of carbonyl (C=O) groups excluding carboxylic acids is 2. The van der Waals surface area contributed by atoms with Crippen molar-refractivity contribution in [3.05, 3.63) is 41.7 Å². The smallest absolute Gasteiger partial charge is 0.419 e. The number of fused-ring (bicyclic) bond motifs is 1. The Hall–Kier alpha value is -4.08. The normalized spacial score (nSPS) is 21.3. The van der Waals surface area contributed by atoms with E-state index in [2.05, 4.69) is 20.3 Å². The van der Waals surface area contributed by atoms with Crippen LogP contribution in [0.25, 0.3) is 22.2 Å². The van der Waals surface area contributed by atoms with Gasteiger partial charge in [0.05, 0.1) is 12.2 Å². The molecular formula is C29H32F6N6O4. The molecule has 3 N–H and O–H groups in total. The monoisotopic (exact) mass is 642 g/mol. The molecule has 2 saturated heterocycles. The average molecular weight is 643 g/mol. The van der Waals surface area contributed by atoms with Crippen LogP contribution in [0.2, 0.25) is 0 Å². The quantitative estimate of drug-likeness (QED) is 0.317. The second-order valence-electron chi connectivity index (χ2n) is 12.3. The van der Waals surface area contributed by atoms with Crippen LogP contribution in [0.5, 0.6) is 0 Å². The number of hydrogen-bond acceptors (Lipinski definition) is 7. The zero-order valence-corrected chi connectivity index (χ0v) is 24.6. The minimum absolute atomic E-state index is 0.00440. The number of nitrogens with one attached hydrogen (secondary N) is 2. The Morgan fingerprint density at radius 3 is 2.49 bits per heavy atom. The van der Waals surface area contributed by atoms with Crippen molar-refractivity contribution in [2.45, 2.75) is 69.6 Å².